The first-order chi connectivity index (χ1) is 9.95. The van der Waals surface area contributed by atoms with Gasteiger partial charge in [-0.1, -0.05) is 36.6 Å². The summed E-state index contributed by atoms with van der Waals surface area (Å²) in [6, 6.07) is 0.374. The summed E-state index contributed by atoms with van der Waals surface area (Å²) in [4.78, 5) is 0. The van der Waals surface area contributed by atoms with Crippen LogP contribution in [0.4, 0.5) is 0 Å². The average Bonchev–Trinajstić information content (AvgIpc) is 2.76. The highest BCUT2D eigenvalue weighted by atomic mass is 16.3. The highest BCUT2D eigenvalue weighted by molar-refractivity contribution is 5.40. The number of fused-ring (bicyclic) bond motifs is 4. The van der Waals surface area contributed by atoms with Crippen LogP contribution in [0.15, 0.2) is 22.8 Å². The molecule has 116 valence electrons. The molecule has 2 nitrogen and oxygen atoms in total. The molecule has 0 aliphatic heterocycles. The molecule has 0 bridgehead atoms. The van der Waals surface area contributed by atoms with E-state index in [0.717, 1.165) is 25.2 Å². The topological polar surface area (TPSA) is 46.2 Å². The van der Waals surface area contributed by atoms with Crippen LogP contribution in [0, 0.1) is 16.7 Å². The Morgan fingerprint density at radius 3 is 2.62 bits per heavy atom. The van der Waals surface area contributed by atoms with Crippen molar-refractivity contribution in [2.24, 2.45) is 22.5 Å². The lowest BCUT2D eigenvalue weighted by Gasteiger charge is -2.53. The molecule has 4 rings (SSSR count). The summed E-state index contributed by atoms with van der Waals surface area (Å²) in [6.45, 7) is 4.88. The van der Waals surface area contributed by atoms with E-state index in [2.05, 4.69) is 19.9 Å². The van der Waals surface area contributed by atoms with Gasteiger partial charge in [0.05, 0.1) is 6.10 Å². The second-order valence-electron chi connectivity index (χ2n) is 8.37. The molecule has 0 amide bonds. The monoisotopic (exact) mass is 287 g/mol. The highest BCUT2D eigenvalue weighted by Crippen LogP contribution is 2.62. The van der Waals surface area contributed by atoms with Crippen LogP contribution in [0.5, 0.6) is 0 Å². The normalized spacial score (nSPS) is 49.3. The highest BCUT2D eigenvalue weighted by Gasteiger charge is 2.52. The third-order valence-corrected chi connectivity index (χ3v) is 7.49. The van der Waals surface area contributed by atoms with Crippen molar-refractivity contribution in [1.29, 1.82) is 0 Å². The maximum Gasteiger partial charge on any atom is 0.0724 e. The predicted octanol–water partition coefficient (Wildman–Crippen LogP) is 3.70. The van der Waals surface area contributed by atoms with Crippen LogP contribution in [0.25, 0.3) is 0 Å². The van der Waals surface area contributed by atoms with Gasteiger partial charge in [0, 0.05) is 11.5 Å². The molecule has 0 spiro atoms. The summed E-state index contributed by atoms with van der Waals surface area (Å²) in [5.41, 5.74) is 12.1. The molecule has 0 heterocycles. The Kier molecular flexibility index (Phi) is 2.97. The van der Waals surface area contributed by atoms with Crippen LogP contribution < -0.4 is 5.73 Å². The summed E-state index contributed by atoms with van der Waals surface area (Å²) in [6.07, 6.45) is 11.4. The molecular weight excluding hydrogens is 258 g/mol. The second kappa shape index (κ2) is 4.45. The van der Waals surface area contributed by atoms with E-state index in [1.54, 1.807) is 16.7 Å². The maximum absolute atomic E-state index is 9.98. The molecule has 0 aromatic rings. The zero-order chi connectivity index (χ0) is 14.8. The number of hydrogen-bond acceptors (Lipinski definition) is 2. The predicted molar refractivity (Wildman–Crippen MR) is 85.7 cm³/mol. The Balaban J connectivity index is 1.78. The fourth-order valence-electron chi connectivity index (χ4n) is 6.00. The fraction of sp³-hybridized carbons (Fsp3) is 0.789. The molecule has 0 aromatic carbocycles. The Hall–Kier alpha value is -0.600. The van der Waals surface area contributed by atoms with E-state index in [0.29, 0.717) is 11.5 Å². The third-order valence-electron chi connectivity index (χ3n) is 7.49. The molecule has 4 aliphatic carbocycles. The second-order valence-corrected chi connectivity index (χ2v) is 8.37. The van der Waals surface area contributed by atoms with Crippen molar-refractivity contribution in [1.82, 2.24) is 0 Å². The molecule has 0 aromatic heterocycles. The van der Waals surface area contributed by atoms with Gasteiger partial charge in [0.25, 0.3) is 0 Å². The lowest BCUT2D eigenvalue weighted by molar-refractivity contribution is 0.109. The van der Waals surface area contributed by atoms with Crippen molar-refractivity contribution in [2.45, 2.75) is 77.4 Å². The first-order valence-electron chi connectivity index (χ1n) is 8.82. The molecule has 2 saturated carbocycles. The molecule has 3 N–H and O–H groups in total. The number of aliphatic hydroxyl groups is 1. The molecule has 5 atom stereocenters. The molecule has 2 heteroatoms. The van der Waals surface area contributed by atoms with Crippen molar-refractivity contribution in [3.63, 3.8) is 0 Å². The van der Waals surface area contributed by atoms with Crippen molar-refractivity contribution in [3.05, 3.63) is 22.8 Å². The number of nitrogens with two attached hydrogens (primary N) is 1. The van der Waals surface area contributed by atoms with E-state index >= 15 is 0 Å². The summed E-state index contributed by atoms with van der Waals surface area (Å²) < 4.78 is 0. The number of hydrogen-bond donors (Lipinski definition) is 2. The molecule has 2 unspecified atom stereocenters. The van der Waals surface area contributed by atoms with Gasteiger partial charge in [0.2, 0.25) is 0 Å². The minimum Gasteiger partial charge on any atom is -0.389 e. The van der Waals surface area contributed by atoms with E-state index in [9.17, 15) is 5.11 Å². The van der Waals surface area contributed by atoms with E-state index in [1.165, 1.54) is 32.1 Å². The van der Waals surface area contributed by atoms with Crippen molar-refractivity contribution in [2.75, 3.05) is 0 Å². The zero-order valence-corrected chi connectivity index (χ0v) is 13.5. The Labute approximate surface area is 128 Å². The van der Waals surface area contributed by atoms with Crippen LogP contribution in [-0.4, -0.2) is 17.3 Å². The minimum atomic E-state index is -0.198. The van der Waals surface area contributed by atoms with Gasteiger partial charge in [-0.2, -0.15) is 0 Å². The third kappa shape index (κ3) is 1.78. The number of rotatable bonds is 0. The SMILES string of the molecule is C[C@]12CC[C@@H]3C(=C1CCC2N)CCC1=CC(O)CC[C@@]13C. The molecule has 4 aliphatic rings. The van der Waals surface area contributed by atoms with Gasteiger partial charge in [0.15, 0.2) is 0 Å². The minimum absolute atomic E-state index is 0.198. The Morgan fingerprint density at radius 2 is 1.81 bits per heavy atom. The van der Waals surface area contributed by atoms with E-state index in [1.807, 2.05) is 0 Å². The molecule has 2 fully saturated rings. The summed E-state index contributed by atoms with van der Waals surface area (Å²) >= 11 is 0. The van der Waals surface area contributed by atoms with E-state index in [-0.39, 0.29) is 11.5 Å². The largest absolute Gasteiger partial charge is 0.389 e. The molecule has 21 heavy (non-hydrogen) atoms. The van der Waals surface area contributed by atoms with Gasteiger partial charge in [-0.05, 0) is 62.7 Å². The lowest BCUT2D eigenvalue weighted by Crippen LogP contribution is -2.45. The number of allylic oxidation sites excluding steroid dienone is 2. The quantitative estimate of drug-likeness (QED) is 0.667. The molecule has 0 saturated heterocycles. The maximum atomic E-state index is 9.98. The van der Waals surface area contributed by atoms with Gasteiger partial charge in [-0.15, -0.1) is 0 Å². The first-order valence-corrected chi connectivity index (χ1v) is 8.82. The zero-order valence-electron chi connectivity index (χ0n) is 13.5. The van der Waals surface area contributed by atoms with Gasteiger partial charge in [-0.3, -0.25) is 0 Å². The lowest BCUT2D eigenvalue weighted by atomic mass is 9.52. The smallest absolute Gasteiger partial charge is 0.0724 e. The Morgan fingerprint density at radius 1 is 1.05 bits per heavy atom. The van der Waals surface area contributed by atoms with Crippen LogP contribution in [0.1, 0.15) is 65.2 Å². The number of aliphatic hydroxyl groups excluding tert-OH is 1. The molecule has 0 radical (unpaired) electrons. The van der Waals surface area contributed by atoms with Gasteiger partial charge in [0.1, 0.15) is 0 Å². The fourth-order valence-corrected chi connectivity index (χ4v) is 6.00. The van der Waals surface area contributed by atoms with Crippen LogP contribution in [-0.2, 0) is 0 Å². The Bertz CT molecular complexity index is 534. The molecular formula is C19H29NO. The van der Waals surface area contributed by atoms with Gasteiger partial charge in [-0.25, -0.2) is 0 Å². The average molecular weight is 287 g/mol. The van der Waals surface area contributed by atoms with Gasteiger partial charge < -0.3 is 10.8 Å². The van der Waals surface area contributed by atoms with Gasteiger partial charge >= 0.3 is 0 Å². The standard InChI is InChI=1S/C19H29NO/c1-18-9-7-13(21)11-12(18)3-4-14-15-5-6-17(20)19(15,2)10-8-16(14)18/h11,13,16-17,21H,3-10,20H2,1-2H3/t13?,16-,17?,18+,19+/m1/s1. The van der Waals surface area contributed by atoms with Crippen molar-refractivity contribution in [3.8, 4) is 0 Å². The van der Waals surface area contributed by atoms with E-state index < -0.39 is 0 Å². The van der Waals surface area contributed by atoms with E-state index in [4.69, 9.17) is 5.73 Å². The van der Waals surface area contributed by atoms with Crippen molar-refractivity contribution >= 4 is 0 Å². The summed E-state index contributed by atoms with van der Waals surface area (Å²) in [5.74, 6) is 0.721. The van der Waals surface area contributed by atoms with Crippen LogP contribution >= 0.6 is 0 Å². The van der Waals surface area contributed by atoms with Crippen molar-refractivity contribution < 1.29 is 5.11 Å². The van der Waals surface area contributed by atoms with Crippen LogP contribution in [0.3, 0.4) is 0 Å². The summed E-state index contributed by atoms with van der Waals surface area (Å²) in [5, 5.41) is 9.98. The summed E-state index contributed by atoms with van der Waals surface area (Å²) in [7, 11) is 0. The van der Waals surface area contributed by atoms with Crippen LogP contribution in [0.2, 0.25) is 0 Å². The first kappa shape index (κ1) is 14.0.